The van der Waals surface area contributed by atoms with Gasteiger partial charge >= 0.3 is 6.18 Å². The monoisotopic (exact) mass is 398 g/mol. The highest BCUT2D eigenvalue weighted by Crippen LogP contribution is 2.29. The van der Waals surface area contributed by atoms with Crippen LogP contribution in [0.1, 0.15) is 5.56 Å². The zero-order chi connectivity index (χ0) is 18.1. The molecule has 0 bridgehead atoms. The number of pyridine rings is 1. The van der Waals surface area contributed by atoms with E-state index in [1.54, 1.807) is 0 Å². The summed E-state index contributed by atoms with van der Waals surface area (Å²) in [6, 6.07) is 4.78. The topological polar surface area (TPSA) is 51.1 Å². The van der Waals surface area contributed by atoms with Gasteiger partial charge in [-0.1, -0.05) is 34.8 Å². The molecule has 0 radical (unpaired) electrons. The van der Waals surface area contributed by atoms with Crippen molar-refractivity contribution >= 4 is 46.4 Å². The van der Waals surface area contributed by atoms with Crippen LogP contribution in [0.15, 0.2) is 35.3 Å². The van der Waals surface area contributed by atoms with Gasteiger partial charge in [0.1, 0.15) is 11.6 Å². The Balaban J connectivity index is 2.25. The number of carbonyl (C=O) groups is 1. The maximum Gasteiger partial charge on any atom is 0.417 e. The predicted octanol–water partition coefficient (Wildman–Crippen LogP) is 4.47. The fourth-order valence-electron chi connectivity index (χ4n) is 1.81. The van der Waals surface area contributed by atoms with E-state index in [0.717, 1.165) is 0 Å². The highest BCUT2D eigenvalue weighted by Gasteiger charge is 2.32. The molecule has 1 aromatic carbocycles. The van der Waals surface area contributed by atoms with Gasteiger partial charge in [0.25, 0.3) is 5.56 Å². The molecule has 4 nitrogen and oxygen atoms in total. The van der Waals surface area contributed by atoms with E-state index in [1.165, 1.54) is 18.2 Å². The lowest BCUT2D eigenvalue weighted by molar-refractivity contribution is -0.138. The van der Waals surface area contributed by atoms with Crippen LogP contribution in [0.3, 0.4) is 0 Å². The first-order valence-corrected chi connectivity index (χ1v) is 7.43. The number of benzene rings is 1. The van der Waals surface area contributed by atoms with E-state index in [1.807, 2.05) is 0 Å². The second-order valence-corrected chi connectivity index (χ2v) is 5.93. The van der Waals surface area contributed by atoms with E-state index in [0.29, 0.717) is 21.9 Å². The molecule has 1 aromatic heterocycles. The first-order valence-electron chi connectivity index (χ1n) is 6.30. The van der Waals surface area contributed by atoms with Gasteiger partial charge in [-0.25, -0.2) is 0 Å². The second-order valence-electron chi connectivity index (χ2n) is 4.68. The summed E-state index contributed by atoms with van der Waals surface area (Å²) in [5, 5.41) is 2.23. The highest BCUT2D eigenvalue weighted by molar-refractivity contribution is 6.36. The van der Waals surface area contributed by atoms with Crippen LogP contribution in [0.5, 0.6) is 0 Å². The van der Waals surface area contributed by atoms with Crippen LogP contribution in [-0.2, 0) is 17.5 Å². The third kappa shape index (κ3) is 4.43. The average molecular weight is 400 g/mol. The lowest BCUT2D eigenvalue weighted by Gasteiger charge is -2.12. The molecule has 0 fully saturated rings. The summed E-state index contributed by atoms with van der Waals surface area (Å²) in [7, 11) is 0. The quantitative estimate of drug-likeness (QED) is 0.828. The summed E-state index contributed by atoms with van der Waals surface area (Å²) in [5.41, 5.74) is -1.84. The van der Waals surface area contributed by atoms with Crippen LogP contribution in [0.2, 0.25) is 15.1 Å². The van der Waals surface area contributed by atoms with Crippen LogP contribution >= 0.6 is 34.8 Å². The second kappa shape index (κ2) is 7.04. The van der Waals surface area contributed by atoms with Crippen LogP contribution in [0, 0.1) is 0 Å². The fraction of sp³-hybridized carbons (Fsp3) is 0.143. The Kier molecular flexibility index (Phi) is 5.47. The Morgan fingerprint density at radius 2 is 1.79 bits per heavy atom. The molecule has 0 saturated heterocycles. The molecule has 1 N–H and O–H groups in total. The standard InChI is InChI=1S/C14H8Cl3F3N2O2/c15-8-1-2-11(9(16)4-8)21-12(23)6-22-5-7(14(18,19)20)3-10(17)13(22)24/h1-5H,6H2,(H,21,23). The van der Waals surface area contributed by atoms with Gasteiger partial charge in [0.15, 0.2) is 0 Å². The van der Waals surface area contributed by atoms with Crippen LogP contribution in [0.4, 0.5) is 18.9 Å². The summed E-state index contributed by atoms with van der Waals surface area (Å²) in [6.07, 6.45) is -4.17. The molecule has 0 unspecified atom stereocenters. The van der Waals surface area contributed by atoms with Gasteiger partial charge in [-0.3, -0.25) is 9.59 Å². The SMILES string of the molecule is O=C(Cn1cc(C(F)(F)F)cc(Cl)c1=O)Nc1ccc(Cl)cc1Cl. The van der Waals surface area contributed by atoms with Crippen molar-refractivity contribution in [1.82, 2.24) is 4.57 Å². The minimum absolute atomic E-state index is 0.144. The summed E-state index contributed by atoms with van der Waals surface area (Å²) in [5.74, 6) is -0.753. The van der Waals surface area contributed by atoms with Gasteiger partial charge in [-0.15, -0.1) is 0 Å². The number of nitrogens with one attached hydrogen (secondary N) is 1. The predicted molar refractivity (Wildman–Crippen MR) is 85.8 cm³/mol. The zero-order valence-corrected chi connectivity index (χ0v) is 13.9. The number of hydrogen-bond acceptors (Lipinski definition) is 2. The number of aromatic nitrogens is 1. The molecule has 0 atom stereocenters. The van der Waals surface area contributed by atoms with Crippen LogP contribution in [0.25, 0.3) is 0 Å². The van der Waals surface area contributed by atoms with Crippen LogP contribution < -0.4 is 10.9 Å². The largest absolute Gasteiger partial charge is 0.417 e. The number of hydrogen-bond donors (Lipinski definition) is 1. The fourth-order valence-corrected chi connectivity index (χ4v) is 2.49. The first-order chi connectivity index (χ1) is 11.1. The molecule has 0 aliphatic rings. The lowest BCUT2D eigenvalue weighted by atomic mass is 10.2. The maximum atomic E-state index is 12.8. The summed E-state index contributed by atoms with van der Waals surface area (Å²) in [4.78, 5) is 23.7. The van der Waals surface area contributed by atoms with Crippen LogP contribution in [-0.4, -0.2) is 10.5 Å². The molecule has 0 aliphatic heterocycles. The van der Waals surface area contributed by atoms with E-state index in [9.17, 15) is 22.8 Å². The molecule has 10 heteroatoms. The van der Waals surface area contributed by atoms with Crippen molar-refractivity contribution in [2.75, 3.05) is 5.32 Å². The molecule has 0 saturated carbocycles. The van der Waals surface area contributed by atoms with E-state index in [4.69, 9.17) is 34.8 Å². The molecule has 1 amide bonds. The van der Waals surface area contributed by atoms with Crippen molar-refractivity contribution in [2.45, 2.75) is 12.7 Å². The molecular formula is C14H8Cl3F3N2O2. The van der Waals surface area contributed by atoms with Crippen molar-refractivity contribution < 1.29 is 18.0 Å². The van der Waals surface area contributed by atoms with Crippen molar-refractivity contribution in [1.29, 1.82) is 0 Å². The zero-order valence-electron chi connectivity index (χ0n) is 11.6. The first kappa shape index (κ1) is 18.6. The number of carbonyl (C=O) groups excluding carboxylic acids is 1. The van der Waals surface area contributed by atoms with E-state index in [2.05, 4.69) is 5.32 Å². The number of halogens is 6. The summed E-state index contributed by atoms with van der Waals surface area (Å²) >= 11 is 17.1. The van der Waals surface area contributed by atoms with Gasteiger partial charge in [-0.2, -0.15) is 13.2 Å². The van der Waals surface area contributed by atoms with Crippen molar-refractivity contribution in [3.8, 4) is 0 Å². The van der Waals surface area contributed by atoms with Gasteiger partial charge in [-0.05, 0) is 24.3 Å². The maximum absolute atomic E-state index is 12.8. The van der Waals surface area contributed by atoms with Gasteiger partial charge in [0, 0.05) is 11.2 Å². The molecular weight excluding hydrogens is 392 g/mol. The van der Waals surface area contributed by atoms with Crippen molar-refractivity contribution in [3.05, 3.63) is 61.4 Å². The number of alkyl halides is 3. The molecule has 0 aliphatic carbocycles. The third-order valence-corrected chi connectivity index (χ3v) is 3.71. The van der Waals surface area contributed by atoms with E-state index in [-0.39, 0.29) is 10.7 Å². The molecule has 1 heterocycles. The summed E-state index contributed by atoms with van der Waals surface area (Å²) < 4.78 is 38.8. The Bertz CT molecular complexity index is 850. The minimum atomic E-state index is -4.70. The van der Waals surface area contributed by atoms with E-state index >= 15 is 0 Å². The Hall–Kier alpha value is -1.70. The normalized spacial score (nSPS) is 11.4. The van der Waals surface area contributed by atoms with Crippen molar-refractivity contribution in [3.63, 3.8) is 0 Å². The highest BCUT2D eigenvalue weighted by atomic mass is 35.5. The van der Waals surface area contributed by atoms with Gasteiger partial charge in [0.2, 0.25) is 5.91 Å². The number of anilines is 1. The molecule has 2 aromatic rings. The van der Waals surface area contributed by atoms with Gasteiger partial charge in [0.05, 0.1) is 16.3 Å². The summed E-state index contributed by atoms with van der Waals surface area (Å²) in [6.45, 7) is -0.665. The molecule has 24 heavy (non-hydrogen) atoms. The Morgan fingerprint density at radius 1 is 1.12 bits per heavy atom. The molecule has 0 spiro atoms. The number of rotatable bonds is 3. The third-order valence-electron chi connectivity index (χ3n) is 2.89. The number of nitrogens with zero attached hydrogens (tertiary/aromatic N) is 1. The molecule has 128 valence electrons. The van der Waals surface area contributed by atoms with E-state index < -0.39 is 34.8 Å². The molecule has 2 rings (SSSR count). The van der Waals surface area contributed by atoms with Gasteiger partial charge < -0.3 is 9.88 Å². The Labute approximate surface area is 148 Å². The van der Waals surface area contributed by atoms with Crippen molar-refractivity contribution in [2.24, 2.45) is 0 Å². The Morgan fingerprint density at radius 3 is 2.38 bits per heavy atom. The minimum Gasteiger partial charge on any atom is -0.323 e. The smallest absolute Gasteiger partial charge is 0.323 e. The number of amides is 1. The average Bonchev–Trinajstić information content (AvgIpc) is 2.45. The lowest BCUT2D eigenvalue weighted by Crippen LogP contribution is -2.29.